The summed E-state index contributed by atoms with van der Waals surface area (Å²) >= 11 is 0. The second-order valence-electron chi connectivity index (χ2n) is 11.0. The first-order valence-electron chi connectivity index (χ1n) is 14.3. The van der Waals surface area contributed by atoms with Crippen LogP contribution < -0.4 is 24.8 Å². The molecule has 3 aromatic heterocycles. The fourth-order valence-corrected chi connectivity index (χ4v) is 5.30. The zero-order valence-electron chi connectivity index (χ0n) is 23.8. The van der Waals surface area contributed by atoms with Gasteiger partial charge < -0.3 is 30.0 Å². The summed E-state index contributed by atoms with van der Waals surface area (Å²) in [5.74, 6) is 0.392. The zero-order valence-corrected chi connectivity index (χ0v) is 23.8. The third kappa shape index (κ3) is 6.64. The Morgan fingerprint density at radius 2 is 1.81 bits per heavy atom. The number of aliphatic hydroxyl groups is 1. The van der Waals surface area contributed by atoms with Gasteiger partial charge in [-0.15, -0.1) is 0 Å². The van der Waals surface area contributed by atoms with Crippen LogP contribution in [-0.4, -0.2) is 57.6 Å². The maximum atomic E-state index is 13.3. The van der Waals surface area contributed by atoms with E-state index in [1.54, 1.807) is 16.8 Å². The maximum absolute atomic E-state index is 13.3. The van der Waals surface area contributed by atoms with Gasteiger partial charge in [-0.05, 0) is 69.2 Å². The van der Waals surface area contributed by atoms with E-state index in [0.29, 0.717) is 17.3 Å². The van der Waals surface area contributed by atoms with Gasteiger partial charge in [0, 0.05) is 47.4 Å². The van der Waals surface area contributed by atoms with E-state index in [-0.39, 0.29) is 35.3 Å². The number of hydrogen-bond donors (Lipinski definition) is 3. The number of methoxy groups -OCH3 is 1. The number of halogens is 2. The number of amides is 1. The number of alkyl halides is 2. The fraction of sp³-hybridized carbons (Fsp3) is 0.387. The van der Waals surface area contributed by atoms with Gasteiger partial charge in [-0.1, -0.05) is 0 Å². The average Bonchev–Trinajstić information content (AvgIpc) is 3.70. The number of carbonyl (C=O) groups is 1. The smallest absolute Gasteiger partial charge is 0.387 e. The number of nitrogens with zero attached hydrogens (tertiary/aromatic N) is 3. The van der Waals surface area contributed by atoms with Crippen LogP contribution in [0.4, 0.5) is 20.3 Å². The van der Waals surface area contributed by atoms with Crippen LogP contribution in [0.5, 0.6) is 17.2 Å². The topological polar surface area (TPSA) is 119 Å². The summed E-state index contributed by atoms with van der Waals surface area (Å²) < 4.78 is 44.7. The van der Waals surface area contributed by atoms with E-state index in [2.05, 4.69) is 20.7 Å². The molecule has 1 amide bonds. The molecule has 12 heteroatoms. The third-order valence-corrected chi connectivity index (χ3v) is 7.63. The van der Waals surface area contributed by atoms with Crippen molar-refractivity contribution in [3.8, 4) is 28.4 Å². The van der Waals surface area contributed by atoms with Crippen LogP contribution in [0.25, 0.3) is 16.6 Å². The minimum Gasteiger partial charge on any atom is -0.496 e. The Morgan fingerprint density at radius 1 is 1.05 bits per heavy atom. The first kappa shape index (κ1) is 28.7. The van der Waals surface area contributed by atoms with Gasteiger partial charge in [0.15, 0.2) is 5.82 Å². The summed E-state index contributed by atoms with van der Waals surface area (Å²) in [4.78, 5) is 17.2. The Morgan fingerprint density at radius 3 is 2.53 bits per heavy atom. The number of rotatable bonds is 10. The molecule has 0 saturated heterocycles. The summed E-state index contributed by atoms with van der Waals surface area (Å²) in [6.07, 6.45) is 8.00. The van der Waals surface area contributed by atoms with Crippen molar-refractivity contribution in [2.75, 3.05) is 12.4 Å². The molecular weight excluding hydrogens is 560 g/mol. The number of fused-ring (bicyclic) bond motifs is 1. The first-order chi connectivity index (χ1) is 20.7. The maximum Gasteiger partial charge on any atom is 0.387 e. The van der Waals surface area contributed by atoms with Gasteiger partial charge in [-0.3, -0.25) is 9.78 Å². The normalized spacial score (nSPS) is 18.5. The number of aromatic nitrogens is 3. The van der Waals surface area contributed by atoms with Crippen LogP contribution in [0.1, 0.15) is 54.6 Å². The van der Waals surface area contributed by atoms with Gasteiger partial charge in [0.2, 0.25) is 0 Å². The van der Waals surface area contributed by atoms with Crippen LogP contribution >= 0.6 is 0 Å². The molecule has 2 fully saturated rings. The highest BCUT2D eigenvalue weighted by Crippen LogP contribution is 2.37. The Labute approximate surface area is 247 Å². The second kappa shape index (κ2) is 12.0. The van der Waals surface area contributed by atoms with E-state index < -0.39 is 12.5 Å². The molecule has 0 bridgehead atoms. The Hall–Kier alpha value is -4.45. The molecule has 2 aliphatic carbocycles. The minimum atomic E-state index is -3.13. The third-order valence-electron chi connectivity index (χ3n) is 7.63. The van der Waals surface area contributed by atoms with E-state index in [0.717, 1.165) is 60.9 Å². The zero-order chi connectivity index (χ0) is 30.1. The molecule has 43 heavy (non-hydrogen) atoms. The van der Waals surface area contributed by atoms with Crippen LogP contribution in [0, 0.1) is 6.92 Å². The molecule has 0 aliphatic heterocycles. The number of anilines is 2. The highest BCUT2D eigenvalue weighted by molar-refractivity contribution is 6.01. The van der Waals surface area contributed by atoms with Gasteiger partial charge in [-0.2, -0.15) is 13.9 Å². The lowest BCUT2D eigenvalue weighted by molar-refractivity contribution is -0.0502. The van der Waals surface area contributed by atoms with Crippen LogP contribution in [0.2, 0.25) is 0 Å². The van der Waals surface area contributed by atoms with Gasteiger partial charge in [0.1, 0.15) is 22.8 Å². The molecule has 3 N–H and O–H groups in total. The van der Waals surface area contributed by atoms with Crippen molar-refractivity contribution in [2.24, 2.45) is 0 Å². The minimum absolute atomic E-state index is 0.0169. The molecule has 0 radical (unpaired) electrons. The number of aryl methyl sites for hydroxylation is 1. The Balaban J connectivity index is 1.27. The SMILES string of the molecule is COc1cc(Nc2cc3cc(-c4cc(C)ncc4OC4CCC(O)CC4)ccn3n2)cc(OC(F)F)c1C(=O)NC1CC1. The van der Waals surface area contributed by atoms with Gasteiger partial charge in [-0.25, -0.2) is 4.52 Å². The monoisotopic (exact) mass is 593 g/mol. The predicted molar refractivity (Wildman–Crippen MR) is 155 cm³/mol. The quantitative estimate of drug-likeness (QED) is 0.216. The molecule has 0 atom stereocenters. The Kier molecular flexibility index (Phi) is 8.02. The Bertz CT molecular complexity index is 1630. The van der Waals surface area contributed by atoms with Crippen molar-refractivity contribution in [1.29, 1.82) is 0 Å². The summed E-state index contributed by atoms with van der Waals surface area (Å²) in [5.41, 5.74) is 3.71. The van der Waals surface area contributed by atoms with E-state index in [1.807, 2.05) is 37.4 Å². The highest BCUT2D eigenvalue weighted by Gasteiger charge is 2.29. The van der Waals surface area contributed by atoms with Crippen molar-refractivity contribution < 1.29 is 32.9 Å². The fourth-order valence-electron chi connectivity index (χ4n) is 5.30. The molecule has 0 unspecified atom stereocenters. The number of aliphatic hydroxyl groups excluding tert-OH is 1. The lowest BCUT2D eigenvalue weighted by atomic mass is 9.95. The highest BCUT2D eigenvalue weighted by atomic mass is 19.3. The number of carbonyl (C=O) groups excluding carboxylic acids is 1. The van der Waals surface area contributed by atoms with Crippen LogP contribution in [0.15, 0.2) is 48.8 Å². The summed E-state index contributed by atoms with van der Waals surface area (Å²) in [5, 5.41) is 20.3. The molecule has 226 valence electrons. The summed E-state index contributed by atoms with van der Waals surface area (Å²) in [6.45, 7) is -1.21. The molecule has 4 aromatic rings. The molecule has 0 spiro atoms. The van der Waals surface area contributed by atoms with Crippen LogP contribution in [0.3, 0.4) is 0 Å². The van der Waals surface area contributed by atoms with E-state index >= 15 is 0 Å². The number of pyridine rings is 2. The molecule has 6 rings (SSSR count). The predicted octanol–water partition coefficient (Wildman–Crippen LogP) is 5.63. The van der Waals surface area contributed by atoms with Crippen LogP contribution in [-0.2, 0) is 0 Å². The number of nitrogens with one attached hydrogen (secondary N) is 2. The lowest BCUT2D eigenvalue weighted by Crippen LogP contribution is -2.26. The van der Waals surface area contributed by atoms with E-state index in [1.165, 1.54) is 13.2 Å². The van der Waals surface area contributed by atoms with Gasteiger partial charge in [0.05, 0.1) is 31.0 Å². The molecular formula is C31H33F2N5O5. The first-order valence-corrected chi connectivity index (χ1v) is 14.3. The molecule has 10 nitrogen and oxygen atoms in total. The van der Waals surface area contributed by atoms with E-state index in [4.69, 9.17) is 14.2 Å². The second-order valence-corrected chi connectivity index (χ2v) is 11.0. The summed E-state index contributed by atoms with van der Waals surface area (Å²) in [7, 11) is 1.36. The van der Waals surface area contributed by atoms with Crippen molar-refractivity contribution in [3.05, 3.63) is 60.0 Å². The van der Waals surface area contributed by atoms with Crippen molar-refractivity contribution >= 4 is 22.9 Å². The average molecular weight is 594 g/mol. The lowest BCUT2D eigenvalue weighted by Gasteiger charge is -2.27. The number of ether oxygens (including phenoxy) is 3. The van der Waals surface area contributed by atoms with Crippen molar-refractivity contribution in [2.45, 2.75) is 70.3 Å². The van der Waals surface area contributed by atoms with Crippen molar-refractivity contribution in [3.63, 3.8) is 0 Å². The standard InChI is InChI=1S/C31H33F2N5O5/c1-17-11-24(27(16-34-17)42-23-7-5-22(39)6-8-23)18-9-10-38-21(12-18)15-28(37-38)35-20-13-25(41-2)29(26(14-20)43-31(32)33)30(40)36-19-3-4-19/h9-16,19,22-23,31,39H,3-8H2,1-2H3,(H,35,37)(H,36,40). The molecule has 3 heterocycles. The van der Waals surface area contributed by atoms with Gasteiger partial charge in [0.25, 0.3) is 5.91 Å². The summed E-state index contributed by atoms with van der Waals surface area (Å²) in [6, 6.07) is 10.6. The van der Waals surface area contributed by atoms with Gasteiger partial charge >= 0.3 is 6.61 Å². The number of benzene rings is 1. The van der Waals surface area contributed by atoms with E-state index in [9.17, 15) is 18.7 Å². The largest absolute Gasteiger partial charge is 0.496 e. The number of hydrogen-bond acceptors (Lipinski definition) is 8. The molecule has 1 aromatic carbocycles. The molecule has 2 aliphatic rings. The molecule has 2 saturated carbocycles. The van der Waals surface area contributed by atoms with Crippen molar-refractivity contribution in [1.82, 2.24) is 19.9 Å².